The number of aldehydes is 1. The van der Waals surface area contributed by atoms with Crippen molar-refractivity contribution in [2.24, 2.45) is 16.1 Å². The van der Waals surface area contributed by atoms with Gasteiger partial charge in [0.2, 0.25) is 0 Å². The van der Waals surface area contributed by atoms with Gasteiger partial charge in [-0.15, -0.1) is 0 Å². The first-order chi connectivity index (χ1) is 14.5. The minimum absolute atomic E-state index is 0.198. The molecule has 2 aromatic rings. The van der Waals surface area contributed by atoms with Crippen LogP contribution in [0.5, 0.6) is 0 Å². The van der Waals surface area contributed by atoms with Crippen molar-refractivity contribution in [1.82, 2.24) is 0 Å². The molecule has 2 N–H and O–H groups in total. The van der Waals surface area contributed by atoms with Crippen LogP contribution in [0.2, 0.25) is 0 Å². The summed E-state index contributed by atoms with van der Waals surface area (Å²) >= 11 is 0. The van der Waals surface area contributed by atoms with E-state index in [1.807, 2.05) is 43.3 Å². The van der Waals surface area contributed by atoms with Gasteiger partial charge in [0.15, 0.2) is 11.5 Å². The van der Waals surface area contributed by atoms with E-state index >= 15 is 0 Å². The molecule has 0 saturated carbocycles. The maximum Gasteiger partial charge on any atom is 0.271 e. The number of hydrogen-bond donors (Lipinski definition) is 1. The minimum atomic E-state index is -0.794. The molecule has 0 spiro atoms. The number of carbonyl (C=O) groups is 3. The largest absolute Gasteiger partial charge is 0.372 e. The van der Waals surface area contributed by atoms with Crippen LogP contribution in [0.3, 0.4) is 0 Å². The number of anilines is 1. The van der Waals surface area contributed by atoms with Crippen LogP contribution < -0.4 is 10.6 Å². The van der Waals surface area contributed by atoms with Gasteiger partial charge in [-0.1, -0.05) is 51.1 Å². The number of Topliss-reactive ketones (excluding diaryl/α,β-unsaturated/α-hetero) is 1. The predicted octanol–water partition coefficient (Wildman–Crippen LogP) is 4.51. The Balaban J connectivity index is 0.000000500. The average molecular weight is 424 g/mol. The van der Waals surface area contributed by atoms with Gasteiger partial charge < -0.3 is 10.6 Å². The number of nitrogens with two attached hydrogens (primary N) is 1. The zero-order valence-electron chi connectivity index (χ0n) is 19.3. The molecule has 0 heterocycles. The first kappa shape index (κ1) is 25.8. The standard InChI is InChI=1S/C18H27N3O2.C7H6O/c1-7-21(8-2)13-9-10-14(12(3)11-13)20-15(17(19)23)16(22)18(4,5)6;8-6-7-4-2-1-3-5-7/h9-11H,7-8H2,1-6H3,(H2,19,23);1-6H. The summed E-state index contributed by atoms with van der Waals surface area (Å²) in [7, 11) is 0. The Morgan fingerprint density at radius 3 is 2.00 bits per heavy atom. The van der Waals surface area contributed by atoms with Crippen molar-refractivity contribution < 1.29 is 14.4 Å². The fourth-order valence-electron chi connectivity index (χ4n) is 2.78. The number of aliphatic imine (C=N–C) groups is 1. The molecule has 0 aliphatic rings. The minimum Gasteiger partial charge on any atom is -0.372 e. The highest BCUT2D eigenvalue weighted by Crippen LogP contribution is 2.26. The lowest BCUT2D eigenvalue weighted by Gasteiger charge is -2.22. The summed E-state index contributed by atoms with van der Waals surface area (Å²) in [5.41, 5.74) is 7.76. The Hall–Kier alpha value is -3.28. The Bertz CT molecular complexity index is 925. The molecular formula is C25H33N3O3. The van der Waals surface area contributed by atoms with Crippen LogP contribution >= 0.6 is 0 Å². The number of amides is 1. The molecule has 2 rings (SSSR count). The van der Waals surface area contributed by atoms with Crippen molar-refractivity contribution in [3.63, 3.8) is 0 Å². The zero-order chi connectivity index (χ0) is 23.6. The second-order valence-corrected chi connectivity index (χ2v) is 8.08. The summed E-state index contributed by atoms with van der Waals surface area (Å²) in [5, 5.41) is 0. The van der Waals surface area contributed by atoms with Gasteiger partial charge in [-0.25, -0.2) is 4.99 Å². The number of carbonyl (C=O) groups excluding carboxylic acids is 3. The van der Waals surface area contributed by atoms with Crippen molar-refractivity contribution in [3.8, 4) is 0 Å². The number of primary amides is 1. The van der Waals surface area contributed by atoms with Crippen LogP contribution in [0.25, 0.3) is 0 Å². The third-order valence-electron chi connectivity index (χ3n) is 4.61. The molecule has 31 heavy (non-hydrogen) atoms. The van der Waals surface area contributed by atoms with E-state index < -0.39 is 11.3 Å². The third-order valence-corrected chi connectivity index (χ3v) is 4.61. The molecule has 0 atom stereocenters. The van der Waals surface area contributed by atoms with Gasteiger partial charge in [-0.3, -0.25) is 14.4 Å². The molecule has 6 nitrogen and oxygen atoms in total. The van der Waals surface area contributed by atoms with Gasteiger partial charge in [0.25, 0.3) is 5.91 Å². The molecule has 0 aliphatic heterocycles. The van der Waals surface area contributed by atoms with Gasteiger partial charge in [-0.2, -0.15) is 0 Å². The highest BCUT2D eigenvalue weighted by molar-refractivity contribution is 6.66. The summed E-state index contributed by atoms with van der Waals surface area (Å²) in [6.45, 7) is 13.1. The number of rotatable bonds is 7. The summed E-state index contributed by atoms with van der Waals surface area (Å²) in [6.07, 6.45) is 0.833. The molecule has 0 unspecified atom stereocenters. The van der Waals surface area contributed by atoms with Crippen LogP contribution in [0.1, 0.15) is 50.5 Å². The second-order valence-electron chi connectivity index (χ2n) is 8.08. The van der Waals surface area contributed by atoms with Crippen molar-refractivity contribution in [2.75, 3.05) is 18.0 Å². The fraction of sp³-hybridized carbons (Fsp3) is 0.360. The molecule has 0 fully saturated rings. The maximum absolute atomic E-state index is 12.3. The van der Waals surface area contributed by atoms with E-state index in [9.17, 15) is 14.4 Å². The monoisotopic (exact) mass is 423 g/mol. The summed E-state index contributed by atoms with van der Waals surface area (Å²) in [4.78, 5) is 40.5. The molecule has 2 aromatic carbocycles. The lowest BCUT2D eigenvalue weighted by molar-refractivity contribution is -0.121. The average Bonchev–Trinajstić information content (AvgIpc) is 2.73. The first-order valence-corrected chi connectivity index (χ1v) is 10.3. The summed E-state index contributed by atoms with van der Waals surface area (Å²) in [6, 6.07) is 14.9. The van der Waals surface area contributed by atoms with Crippen LogP contribution in [0.15, 0.2) is 53.5 Å². The van der Waals surface area contributed by atoms with Crippen molar-refractivity contribution in [2.45, 2.75) is 41.5 Å². The van der Waals surface area contributed by atoms with E-state index in [0.717, 1.165) is 36.2 Å². The highest BCUT2D eigenvalue weighted by Gasteiger charge is 2.29. The smallest absolute Gasteiger partial charge is 0.271 e. The molecule has 6 heteroatoms. The van der Waals surface area contributed by atoms with E-state index in [-0.39, 0.29) is 11.5 Å². The Morgan fingerprint density at radius 1 is 1.03 bits per heavy atom. The SMILES string of the molecule is CCN(CC)c1ccc(N=C(C(N)=O)C(=O)C(C)(C)C)c(C)c1.O=Cc1ccccc1. The molecular weight excluding hydrogens is 390 g/mol. The van der Waals surface area contributed by atoms with Crippen molar-refractivity contribution in [1.29, 1.82) is 0 Å². The van der Waals surface area contributed by atoms with Crippen LogP contribution in [-0.2, 0) is 9.59 Å². The number of benzene rings is 2. The number of aryl methyl sites for hydroxylation is 1. The van der Waals surface area contributed by atoms with E-state index in [1.165, 1.54) is 0 Å². The second kappa shape index (κ2) is 11.8. The van der Waals surface area contributed by atoms with E-state index in [2.05, 4.69) is 23.7 Å². The maximum atomic E-state index is 12.3. The topological polar surface area (TPSA) is 92.8 Å². The predicted molar refractivity (Wildman–Crippen MR) is 127 cm³/mol. The molecule has 0 aromatic heterocycles. The van der Waals surface area contributed by atoms with Gasteiger partial charge >= 0.3 is 0 Å². The van der Waals surface area contributed by atoms with Crippen LogP contribution in [-0.4, -0.2) is 36.8 Å². The quantitative estimate of drug-likeness (QED) is 0.403. The lowest BCUT2D eigenvalue weighted by Crippen LogP contribution is -2.37. The third kappa shape index (κ3) is 7.81. The van der Waals surface area contributed by atoms with Crippen LogP contribution in [0.4, 0.5) is 11.4 Å². The van der Waals surface area contributed by atoms with Gasteiger partial charge in [-0.05, 0) is 44.5 Å². The fourth-order valence-corrected chi connectivity index (χ4v) is 2.78. The van der Waals surface area contributed by atoms with E-state index in [1.54, 1.807) is 32.9 Å². The molecule has 0 saturated heterocycles. The first-order valence-electron chi connectivity index (χ1n) is 10.3. The summed E-state index contributed by atoms with van der Waals surface area (Å²) < 4.78 is 0. The Morgan fingerprint density at radius 2 is 1.61 bits per heavy atom. The molecule has 0 aliphatic carbocycles. The zero-order valence-corrected chi connectivity index (χ0v) is 19.3. The molecule has 1 amide bonds. The van der Waals surface area contributed by atoms with Gasteiger partial charge in [0, 0.05) is 29.8 Å². The number of hydrogen-bond acceptors (Lipinski definition) is 5. The van der Waals surface area contributed by atoms with E-state index in [4.69, 9.17) is 5.73 Å². The molecule has 166 valence electrons. The molecule has 0 radical (unpaired) electrons. The Labute approximate surface area is 185 Å². The molecule has 0 bridgehead atoms. The highest BCUT2D eigenvalue weighted by atomic mass is 16.2. The van der Waals surface area contributed by atoms with Crippen LogP contribution in [0, 0.1) is 12.3 Å². The van der Waals surface area contributed by atoms with Crippen molar-refractivity contribution in [3.05, 3.63) is 59.7 Å². The number of nitrogens with zero attached hydrogens (tertiary/aromatic N) is 2. The van der Waals surface area contributed by atoms with Crippen molar-refractivity contribution >= 4 is 35.1 Å². The lowest BCUT2D eigenvalue weighted by atomic mass is 9.87. The van der Waals surface area contributed by atoms with E-state index in [0.29, 0.717) is 5.69 Å². The summed E-state index contributed by atoms with van der Waals surface area (Å²) in [5.74, 6) is -1.14. The van der Waals surface area contributed by atoms with Gasteiger partial charge in [0.05, 0.1) is 5.69 Å². The number of ketones is 1. The normalized spacial score (nSPS) is 11.2. The van der Waals surface area contributed by atoms with Gasteiger partial charge in [0.1, 0.15) is 6.29 Å². The Kier molecular flexibility index (Phi) is 9.80.